The van der Waals surface area contributed by atoms with Crippen LogP contribution in [-0.4, -0.2) is 86.5 Å². The third-order valence-electron chi connectivity index (χ3n) is 6.12. The summed E-state index contributed by atoms with van der Waals surface area (Å²) in [5, 5.41) is 13.8. The third-order valence-corrected chi connectivity index (χ3v) is 6.12. The maximum Gasteiger partial charge on any atom is 0.274 e. The first-order chi connectivity index (χ1) is 18.3. The molecule has 1 saturated heterocycles. The Morgan fingerprint density at radius 3 is 2.36 bits per heavy atom. The van der Waals surface area contributed by atoms with Gasteiger partial charge in [0.25, 0.3) is 5.91 Å². The minimum atomic E-state index is -0.461. The van der Waals surface area contributed by atoms with E-state index in [4.69, 9.17) is 0 Å². The topological polar surface area (TPSA) is 80.6 Å². The van der Waals surface area contributed by atoms with Gasteiger partial charge in [-0.05, 0) is 83.9 Å². The van der Waals surface area contributed by atoms with Gasteiger partial charge in [0.2, 0.25) is 0 Å². The summed E-state index contributed by atoms with van der Waals surface area (Å²) < 4.78 is 17.8. The van der Waals surface area contributed by atoms with Gasteiger partial charge in [-0.3, -0.25) is 4.79 Å². The van der Waals surface area contributed by atoms with E-state index in [-0.39, 0.29) is 29.9 Å². The number of methoxy groups -OCH3 is 1. The molecule has 9 heteroatoms. The van der Waals surface area contributed by atoms with Crippen molar-refractivity contribution in [2.75, 3.05) is 49.0 Å². The zero-order valence-corrected chi connectivity index (χ0v) is 25.5. The van der Waals surface area contributed by atoms with Crippen LogP contribution in [-0.2, 0) is 16.1 Å². The zero-order valence-electron chi connectivity index (χ0n) is 25.5. The molecule has 0 radical (unpaired) electrons. The number of likely N-dealkylation sites (N-methyl/N-ethyl adjacent to an activating group) is 1. The van der Waals surface area contributed by atoms with Crippen LogP contribution in [0, 0.1) is 12.7 Å². The summed E-state index contributed by atoms with van der Waals surface area (Å²) in [5.41, 5.74) is 3.84. The standard InChI is InChI=1S/C25H33FN4O2.C3H9N.C2H6O/c1-7-17(5)29(6)20-9-8-12-30-22(15(2)3)23(31)21(28-24(20)30)25(32)27-14-18-10-11-19(26)16(4)13-18;1-4(2)3;1-3-2/h10-11,13,20,31H,5,7-9,12,14H2,1-4,6H3,(H,27,32);1-3H3;1-2H3. The van der Waals surface area contributed by atoms with E-state index in [1.165, 1.54) is 6.07 Å². The largest absolute Gasteiger partial charge is 0.504 e. The number of aliphatic hydroxyl groups excluding tert-OH is 1. The molecule has 2 aliphatic rings. The summed E-state index contributed by atoms with van der Waals surface area (Å²) in [6.07, 6.45) is 2.66. The number of allylic oxidation sites excluding steroid dienone is 2. The summed E-state index contributed by atoms with van der Waals surface area (Å²) in [6, 6.07) is 4.69. The number of aryl methyl sites for hydroxylation is 1. The molecule has 1 atom stereocenters. The Morgan fingerprint density at radius 1 is 1.26 bits per heavy atom. The van der Waals surface area contributed by atoms with E-state index >= 15 is 0 Å². The van der Waals surface area contributed by atoms with Crippen molar-refractivity contribution in [3.63, 3.8) is 0 Å². The smallest absolute Gasteiger partial charge is 0.274 e. The van der Waals surface area contributed by atoms with Gasteiger partial charge in [-0.25, -0.2) is 9.38 Å². The van der Waals surface area contributed by atoms with Gasteiger partial charge in [0, 0.05) is 40.1 Å². The highest BCUT2D eigenvalue weighted by atomic mass is 19.1. The molecule has 218 valence electrons. The first kappa shape index (κ1) is 33.9. The van der Waals surface area contributed by atoms with Gasteiger partial charge in [0.1, 0.15) is 11.7 Å². The van der Waals surface area contributed by atoms with Crippen molar-refractivity contribution in [1.82, 2.24) is 20.0 Å². The maximum absolute atomic E-state index is 13.5. The second-order valence-electron chi connectivity index (χ2n) is 10.4. The fraction of sp³-hybridized carbons (Fsp3) is 0.533. The van der Waals surface area contributed by atoms with Crippen molar-refractivity contribution in [2.45, 2.75) is 59.5 Å². The van der Waals surface area contributed by atoms with Crippen molar-refractivity contribution in [1.29, 1.82) is 0 Å². The van der Waals surface area contributed by atoms with Crippen LogP contribution in [0.3, 0.4) is 0 Å². The number of aliphatic hydroxyl groups is 1. The average Bonchev–Trinajstić information content (AvgIpc) is 2.87. The van der Waals surface area contributed by atoms with Crippen LogP contribution in [0.25, 0.3) is 0 Å². The molecule has 2 aliphatic heterocycles. The maximum atomic E-state index is 13.5. The van der Waals surface area contributed by atoms with Crippen LogP contribution < -0.4 is 5.32 Å². The van der Waals surface area contributed by atoms with E-state index in [0.29, 0.717) is 11.3 Å². The minimum absolute atomic E-state index is 0.00805. The number of carbonyl (C=O) groups is 1. The number of aliphatic imine (C=N–C) groups is 1. The average molecular weight is 546 g/mol. The predicted molar refractivity (Wildman–Crippen MR) is 158 cm³/mol. The number of halogens is 1. The van der Waals surface area contributed by atoms with E-state index in [1.807, 2.05) is 51.8 Å². The van der Waals surface area contributed by atoms with Gasteiger partial charge in [0.05, 0.1) is 11.7 Å². The second kappa shape index (κ2) is 16.1. The molecule has 39 heavy (non-hydrogen) atoms. The number of amides is 1. The Balaban J connectivity index is 0.000000975. The van der Waals surface area contributed by atoms with Gasteiger partial charge >= 0.3 is 0 Å². The molecule has 8 nitrogen and oxygen atoms in total. The van der Waals surface area contributed by atoms with Crippen LogP contribution in [0.1, 0.15) is 51.2 Å². The molecule has 1 amide bonds. The minimum Gasteiger partial charge on any atom is -0.504 e. The number of hydrogen-bond acceptors (Lipinski definition) is 7. The monoisotopic (exact) mass is 545 g/mol. The summed E-state index contributed by atoms with van der Waals surface area (Å²) in [6.45, 7) is 12.7. The molecule has 1 aromatic rings. The molecule has 1 aromatic carbocycles. The highest BCUT2D eigenvalue weighted by Gasteiger charge is 2.38. The van der Waals surface area contributed by atoms with Crippen molar-refractivity contribution in [3.05, 3.63) is 70.1 Å². The van der Waals surface area contributed by atoms with Crippen molar-refractivity contribution >= 4 is 11.7 Å². The lowest BCUT2D eigenvalue weighted by molar-refractivity contribution is -0.117. The van der Waals surface area contributed by atoms with Crippen LogP contribution in [0.15, 0.2) is 58.2 Å². The van der Waals surface area contributed by atoms with Crippen LogP contribution >= 0.6 is 0 Å². The lowest BCUT2D eigenvalue weighted by atomic mass is 9.97. The molecule has 2 heterocycles. The van der Waals surface area contributed by atoms with Crippen molar-refractivity contribution in [2.24, 2.45) is 4.99 Å². The van der Waals surface area contributed by atoms with Crippen molar-refractivity contribution in [3.8, 4) is 0 Å². The molecule has 0 aliphatic carbocycles. The molecule has 0 spiro atoms. The molecular formula is C30H48FN5O3. The van der Waals surface area contributed by atoms with Crippen molar-refractivity contribution < 1.29 is 19.0 Å². The number of ether oxygens (including phenoxy) is 1. The summed E-state index contributed by atoms with van der Waals surface area (Å²) in [5.74, 6) is -0.102. The fourth-order valence-electron chi connectivity index (χ4n) is 4.22. The molecule has 1 fully saturated rings. The number of benzene rings is 1. The summed E-state index contributed by atoms with van der Waals surface area (Å²) in [7, 11) is 11.2. The molecule has 0 saturated carbocycles. The Kier molecular flexibility index (Phi) is 13.9. The van der Waals surface area contributed by atoms with E-state index in [1.54, 1.807) is 33.3 Å². The van der Waals surface area contributed by atoms with Gasteiger partial charge in [-0.2, -0.15) is 0 Å². The van der Waals surface area contributed by atoms with Crippen LogP contribution in [0.2, 0.25) is 0 Å². The normalized spacial score (nSPS) is 16.3. The van der Waals surface area contributed by atoms with Crippen LogP contribution in [0.5, 0.6) is 0 Å². The van der Waals surface area contributed by atoms with E-state index in [2.05, 4.69) is 33.4 Å². The SMILES string of the molecule is C=C(CC)N(C)C1CCCN2C1=NC(C(=O)NCc1ccc(F)c(C)c1)=C(O)C2=C(C)C.CN(C)C.COC. The molecule has 1 unspecified atom stereocenters. The summed E-state index contributed by atoms with van der Waals surface area (Å²) in [4.78, 5) is 23.9. The lowest BCUT2D eigenvalue weighted by Crippen LogP contribution is -2.52. The third kappa shape index (κ3) is 9.51. The number of rotatable bonds is 6. The Labute approximate surface area is 234 Å². The number of amidine groups is 1. The Hall–Kier alpha value is -3.17. The molecule has 0 aromatic heterocycles. The molecular weight excluding hydrogens is 497 g/mol. The predicted octanol–water partition coefficient (Wildman–Crippen LogP) is 4.99. The van der Waals surface area contributed by atoms with Gasteiger partial charge < -0.3 is 29.9 Å². The van der Waals surface area contributed by atoms with E-state index < -0.39 is 5.91 Å². The van der Waals surface area contributed by atoms with Gasteiger partial charge in [0.15, 0.2) is 11.5 Å². The Morgan fingerprint density at radius 2 is 1.85 bits per heavy atom. The van der Waals surface area contributed by atoms with E-state index in [0.717, 1.165) is 48.5 Å². The second-order valence-corrected chi connectivity index (χ2v) is 10.4. The molecule has 3 rings (SSSR count). The number of hydrogen-bond donors (Lipinski definition) is 2. The number of nitrogens with zero attached hydrogens (tertiary/aromatic N) is 4. The number of nitrogens with one attached hydrogen (secondary N) is 1. The zero-order chi connectivity index (χ0) is 29.9. The van der Waals surface area contributed by atoms with Crippen LogP contribution in [0.4, 0.5) is 4.39 Å². The van der Waals surface area contributed by atoms with E-state index in [9.17, 15) is 14.3 Å². The lowest BCUT2D eigenvalue weighted by Gasteiger charge is -2.44. The first-order valence-corrected chi connectivity index (χ1v) is 13.2. The highest BCUT2D eigenvalue weighted by molar-refractivity contribution is 6.02. The Bertz CT molecular complexity index is 1090. The molecule has 2 N–H and O–H groups in total. The number of piperidine rings is 1. The molecule has 0 bridgehead atoms. The number of carbonyl (C=O) groups excluding carboxylic acids is 1. The first-order valence-electron chi connectivity index (χ1n) is 13.2. The summed E-state index contributed by atoms with van der Waals surface area (Å²) >= 11 is 0. The van der Waals surface area contributed by atoms with Gasteiger partial charge in [-0.15, -0.1) is 0 Å². The fourth-order valence-corrected chi connectivity index (χ4v) is 4.22. The highest BCUT2D eigenvalue weighted by Crippen LogP contribution is 2.33. The van der Waals surface area contributed by atoms with Gasteiger partial charge in [-0.1, -0.05) is 25.6 Å². The quantitative estimate of drug-likeness (QED) is 0.525. The number of fused-ring (bicyclic) bond motifs is 1.